The van der Waals surface area contributed by atoms with Gasteiger partial charge in [0, 0.05) is 25.2 Å². The molecule has 0 spiro atoms. The van der Waals surface area contributed by atoms with Gasteiger partial charge in [-0.25, -0.2) is 0 Å². The van der Waals surface area contributed by atoms with Gasteiger partial charge >= 0.3 is 0 Å². The summed E-state index contributed by atoms with van der Waals surface area (Å²) in [4.78, 5) is 0. The number of hydrogen-bond donors (Lipinski definition) is 0. The Morgan fingerprint density at radius 1 is 0.490 bits per heavy atom. The maximum atomic E-state index is 7.14. The van der Waals surface area contributed by atoms with Crippen LogP contribution in [0.25, 0.3) is 0 Å². The van der Waals surface area contributed by atoms with E-state index in [2.05, 4.69) is 223 Å². The van der Waals surface area contributed by atoms with E-state index < -0.39 is 23.3 Å². The molecule has 51 heavy (non-hydrogen) atoms. The van der Waals surface area contributed by atoms with E-state index in [1.807, 2.05) is 0 Å². The summed E-state index contributed by atoms with van der Waals surface area (Å²) < 4.78 is 7.14. The Hall–Kier alpha value is 1.02. The van der Waals surface area contributed by atoms with Gasteiger partial charge in [0.2, 0.25) is 0 Å². The van der Waals surface area contributed by atoms with Crippen LogP contribution >= 0.6 is 0 Å². The van der Waals surface area contributed by atoms with Crippen molar-refractivity contribution in [2.24, 2.45) is 0 Å². The fourth-order valence-electron chi connectivity index (χ4n) is 6.82. The molecule has 0 aliphatic carbocycles. The Balaban J connectivity index is -0.000000896. The molecule has 9 radical (unpaired) electrons. The number of hydrogen-bond acceptors (Lipinski definition) is 1. The van der Waals surface area contributed by atoms with Gasteiger partial charge in [0.15, 0.2) is 8.08 Å². The molecular weight excluding hydrogens is 774 g/mol. The van der Waals surface area contributed by atoms with Crippen molar-refractivity contribution in [3.05, 3.63) is 35.9 Å². The quantitative estimate of drug-likeness (QED) is 0.259. The first-order chi connectivity index (χ1) is 21.5. The van der Waals surface area contributed by atoms with Crippen molar-refractivity contribution in [2.75, 3.05) is 0 Å². The normalized spacial score (nSPS) is 14.5. The van der Waals surface area contributed by atoms with E-state index in [9.17, 15) is 0 Å². The Bertz CT molecular complexity index is 1030. The third-order valence-electron chi connectivity index (χ3n) is 12.5. The minimum Gasteiger partial charge on any atom is -0.420 e. The van der Waals surface area contributed by atoms with E-state index in [1.54, 1.807) is 0 Å². The van der Waals surface area contributed by atoms with Crippen LogP contribution in [0.2, 0.25) is 66.5 Å². The number of benzene rings is 1. The van der Waals surface area contributed by atoms with Crippen molar-refractivity contribution in [3.8, 4) is 0 Å². The third-order valence-corrected chi connectivity index (χ3v) is 64.8. The van der Waals surface area contributed by atoms with Crippen LogP contribution in [0.15, 0.2) is 30.3 Å². The van der Waals surface area contributed by atoms with Gasteiger partial charge in [-0.1, -0.05) is 223 Å². The van der Waals surface area contributed by atoms with Gasteiger partial charge in [-0.15, -0.1) is 0 Å². The average Bonchev–Trinajstić information content (AvgIpc) is 2.86. The summed E-state index contributed by atoms with van der Waals surface area (Å²) in [6.45, 7) is 69.2. The van der Waals surface area contributed by atoms with Gasteiger partial charge in [-0.3, -0.25) is 0 Å². The van der Waals surface area contributed by atoms with E-state index in [0.29, 0.717) is 40.3 Å². The summed E-state index contributed by atoms with van der Waals surface area (Å²) in [6.07, 6.45) is 0. The molecule has 1 aromatic rings. The monoisotopic (exact) mass is 865 g/mol. The Morgan fingerprint density at radius 3 is 0.961 bits per heavy atom. The van der Waals surface area contributed by atoms with Crippen molar-refractivity contribution in [1.82, 2.24) is 0 Å². The Kier molecular flexibility index (Phi) is 21.5. The molecule has 0 aliphatic rings. The van der Waals surface area contributed by atoms with Crippen LogP contribution in [0.5, 0.6) is 0 Å². The molecule has 0 fully saturated rings. The van der Waals surface area contributed by atoms with Crippen molar-refractivity contribution >= 4 is 67.0 Å². The van der Waals surface area contributed by atoms with Crippen molar-refractivity contribution in [2.45, 2.75) is 239 Å². The maximum Gasteiger partial charge on any atom is 0.176 e. The van der Waals surface area contributed by atoms with E-state index in [4.69, 9.17) is 4.43 Å². The minimum absolute atomic E-state index is 0. The van der Waals surface area contributed by atoms with Crippen LogP contribution in [0, 0.1) is 0 Å². The molecule has 1 aromatic carbocycles. The fourth-order valence-corrected chi connectivity index (χ4v) is 63.3. The second-order valence-corrected chi connectivity index (χ2v) is 57.2. The van der Waals surface area contributed by atoms with Gasteiger partial charge in [0.25, 0.3) is 0 Å². The van der Waals surface area contributed by atoms with Crippen LogP contribution in [0.3, 0.4) is 0 Å². The van der Waals surface area contributed by atoms with Gasteiger partial charge in [-0.05, 0) is 45.9 Å². The Labute approximate surface area is 344 Å². The molecule has 0 N–H and O–H groups in total. The fraction of sp³-hybridized carbons (Fsp3) is 0.860. The standard InChI is InChI=1S/C25H49OSi4.2C9H21Si.Ge/c1-22(2,3)29(13,23(4,5)6)27-28(26-20-21-18-16-15-17-19-21)30(14,24(7,8)9)25(10,11)12;2*1-8(2,3)10(7)9(4,5)6;/h15-19H,20H2,1-14H3;2*1-7H3;. The van der Waals surface area contributed by atoms with Crippen LogP contribution in [-0.2, 0) is 11.0 Å². The summed E-state index contributed by atoms with van der Waals surface area (Å²) in [6, 6.07) is 10.8. The zero-order valence-electron chi connectivity index (χ0n) is 40.0. The van der Waals surface area contributed by atoms with E-state index in [1.165, 1.54) is 5.56 Å². The van der Waals surface area contributed by atoms with Gasteiger partial charge in [0.05, 0.1) is 40.3 Å². The molecule has 0 amide bonds. The molecule has 0 heterocycles. The largest absolute Gasteiger partial charge is 0.420 e. The number of rotatable bonds is 6. The van der Waals surface area contributed by atoms with Crippen LogP contribution in [-0.4, -0.2) is 67.0 Å². The van der Waals surface area contributed by atoms with Crippen LogP contribution in [0.4, 0.5) is 0 Å². The molecule has 0 aliphatic heterocycles. The van der Waals surface area contributed by atoms with Gasteiger partial charge < -0.3 is 4.43 Å². The average molecular weight is 865 g/mol. The van der Waals surface area contributed by atoms with Crippen molar-refractivity contribution < 1.29 is 4.43 Å². The minimum atomic E-state index is -1.78. The third kappa shape index (κ3) is 17.0. The molecule has 0 saturated carbocycles. The molecule has 0 aromatic heterocycles. The molecule has 0 unspecified atom stereocenters. The first kappa shape index (κ1) is 56.4. The predicted molar refractivity (Wildman–Crippen MR) is 253 cm³/mol. The summed E-state index contributed by atoms with van der Waals surface area (Å²) in [5, 5.41) is 3.53. The van der Waals surface area contributed by atoms with Crippen molar-refractivity contribution in [3.63, 3.8) is 0 Å². The van der Waals surface area contributed by atoms with E-state index in [0.717, 1.165) is 15.2 Å². The first-order valence-electron chi connectivity index (χ1n) is 19.5. The predicted octanol–water partition coefficient (Wildman–Crippen LogP) is 15.4. The second-order valence-electron chi connectivity index (χ2n) is 23.7. The maximum absolute atomic E-state index is 7.14. The summed E-state index contributed by atoms with van der Waals surface area (Å²) >= 11 is 0. The molecule has 297 valence electrons. The topological polar surface area (TPSA) is 9.23 Å². The molecule has 8 heteroatoms. The SMILES string of the molecule is CC(C)(C)[Si](C)([Si][Si](OCc1ccccc1)[Si](C)(C(C)(C)C)C(C)(C)C)C(C)(C)C.C[Si](C(C)(C)C)C(C)(C)C.C[Si](C(C)(C)C)C(C)(C)C.[Ge]. The molecule has 1 rings (SSSR count). The molecule has 0 saturated heterocycles. The zero-order valence-corrected chi connectivity index (χ0v) is 48.1. The second kappa shape index (κ2) is 19.4. The molecule has 0 bridgehead atoms. The Morgan fingerprint density at radius 2 is 0.765 bits per heavy atom. The molecular formula is C43H91GeOSi6. The molecule has 1 nitrogen and oxygen atoms in total. The molecule has 0 atom stereocenters. The summed E-state index contributed by atoms with van der Waals surface area (Å²) in [5.41, 5.74) is 1.32. The summed E-state index contributed by atoms with van der Waals surface area (Å²) in [7, 11) is -3.84. The van der Waals surface area contributed by atoms with Crippen LogP contribution in [0.1, 0.15) is 172 Å². The van der Waals surface area contributed by atoms with E-state index >= 15 is 0 Å². The summed E-state index contributed by atoms with van der Waals surface area (Å²) in [5.74, 6) is 0. The van der Waals surface area contributed by atoms with Crippen molar-refractivity contribution in [1.29, 1.82) is 0 Å². The first-order valence-corrected chi connectivity index (χ1v) is 33.9. The smallest absolute Gasteiger partial charge is 0.176 e. The zero-order chi connectivity index (χ0) is 41.0. The van der Waals surface area contributed by atoms with Gasteiger partial charge in [-0.2, -0.15) is 0 Å². The van der Waals surface area contributed by atoms with Gasteiger partial charge in [0.1, 0.15) is 0 Å². The van der Waals surface area contributed by atoms with Crippen LogP contribution < -0.4 is 0 Å². The van der Waals surface area contributed by atoms with E-state index in [-0.39, 0.29) is 35.2 Å².